The average molecular weight is 329 g/mol. The third-order valence-electron chi connectivity index (χ3n) is 3.74. The van der Waals surface area contributed by atoms with Gasteiger partial charge in [-0.15, -0.1) is 0 Å². The van der Waals surface area contributed by atoms with Crippen LogP contribution in [0.25, 0.3) is 0 Å². The summed E-state index contributed by atoms with van der Waals surface area (Å²) in [6.45, 7) is 0. The fourth-order valence-corrected chi connectivity index (χ4v) is 2.89. The number of hydrogen-bond acceptors (Lipinski definition) is 5. The molecule has 2 aliphatic carbocycles. The molecule has 3 aliphatic rings. The number of imide groups is 1. The molecule has 1 aliphatic heterocycles. The van der Waals surface area contributed by atoms with Gasteiger partial charge in [0.15, 0.2) is 0 Å². The van der Waals surface area contributed by atoms with Gasteiger partial charge >= 0.3 is 15.6 Å². The minimum Gasteiger partial charge on any atom is -0.279 e. The van der Waals surface area contributed by atoms with E-state index in [4.69, 9.17) is 18.2 Å². The third-order valence-corrected chi connectivity index (χ3v) is 4.32. The molecule has 4 atom stereocenters. The second-order valence-electron chi connectivity index (χ2n) is 4.91. The van der Waals surface area contributed by atoms with E-state index in [2.05, 4.69) is 0 Å². The Kier molecular flexibility index (Phi) is 3.62. The summed E-state index contributed by atoms with van der Waals surface area (Å²) in [5, 5.41) is 9.45. The van der Waals surface area contributed by atoms with Crippen LogP contribution in [-0.4, -0.2) is 40.6 Å². The average Bonchev–Trinajstić information content (AvgIpc) is 2.98. The van der Waals surface area contributed by atoms with Crippen LogP contribution in [0.1, 0.15) is 6.42 Å². The summed E-state index contributed by atoms with van der Waals surface area (Å²) in [6, 6.07) is 0. The smallest absolute Gasteiger partial charge is 0.279 e. The molecule has 1 saturated carbocycles. The number of amides is 2. The molecule has 0 aromatic carbocycles. The summed E-state index contributed by atoms with van der Waals surface area (Å²) in [5.74, 6) is -0.995. The highest BCUT2D eigenvalue weighted by molar-refractivity contribution is 7.86. The molecule has 1 heterocycles. The van der Waals surface area contributed by atoms with Gasteiger partial charge in [-0.05, 0) is 18.3 Å². The highest BCUT2D eigenvalue weighted by atomic mass is 32.2. The van der Waals surface area contributed by atoms with Crippen molar-refractivity contribution in [2.75, 3.05) is 0 Å². The Morgan fingerprint density at radius 3 is 1.71 bits per heavy atom. The van der Waals surface area contributed by atoms with Gasteiger partial charge in [0.25, 0.3) is 11.8 Å². The fraction of sp³-hybridized carbons (Fsp3) is 0.600. The summed E-state index contributed by atoms with van der Waals surface area (Å²) in [7, 11) is -5.84. The molecular formula is C10H10F3NO6S. The van der Waals surface area contributed by atoms with E-state index in [0.29, 0.717) is 5.06 Å². The van der Waals surface area contributed by atoms with E-state index in [1.165, 1.54) is 0 Å². The van der Waals surface area contributed by atoms with Gasteiger partial charge in [0.05, 0.1) is 11.8 Å². The summed E-state index contributed by atoms with van der Waals surface area (Å²) in [6.07, 6.45) is 4.90. The predicted molar refractivity (Wildman–Crippen MR) is 59.0 cm³/mol. The molecule has 2 N–H and O–H groups in total. The van der Waals surface area contributed by atoms with E-state index in [1.807, 2.05) is 12.2 Å². The Labute approximate surface area is 116 Å². The van der Waals surface area contributed by atoms with Crippen molar-refractivity contribution in [1.82, 2.24) is 5.06 Å². The van der Waals surface area contributed by atoms with Gasteiger partial charge < -0.3 is 0 Å². The Balaban J connectivity index is 0.000000177. The van der Waals surface area contributed by atoms with E-state index in [1.54, 1.807) is 0 Å². The van der Waals surface area contributed by atoms with Crippen molar-refractivity contribution in [1.29, 1.82) is 0 Å². The second kappa shape index (κ2) is 4.78. The summed E-state index contributed by atoms with van der Waals surface area (Å²) in [5.41, 5.74) is -5.53. The van der Waals surface area contributed by atoms with E-state index < -0.39 is 27.4 Å². The van der Waals surface area contributed by atoms with Crippen molar-refractivity contribution in [2.24, 2.45) is 23.7 Å². The SMILES string of the molecule is O=C1C2C3C=CC(C3)C2C(=O)N1O.O=S(=O)(O)C(F)(F)F. The van der Waals surface area contributed by atoms with Crippen LogP contribution in [0.3, 0.4) is 0 Å². The zero-order valence-electron chi connectivity index (χ0n) is 10.2. The van der Waals surface area contributed by atoms with Crippen LogP contribution in [-0.2, 0) is 19.7 Å². The first-order chi connectivity index (χ1) is 9.45. The molecule has 0 spiro atoms. The Bertz CT molecular complexity index is 583. The number of rotatable bonds is 0. The zero-order valence-corrected chi connectivity index (χ0v) is 11.0. The van der Waals surface area contributed by atoms with Crippen molar-refractivity contribution < 1.29 is 40.9 Å². The van der Waals surface area contributed by atoms with Crippen molar-refractivity contribution >= 4 is 21.9 Å². The van der Waals surface area contributed by atoms with Gasteiger partial charge in [-0.3, -0.25) is 19.3 Å². The lowest BCUT2D eigenvalue weighted by molar-refractivity contribution is -0.173. The number of nitrogens with zero attached hydrogens (tertiary/aromatic N) is 1. The van der Waals surface area contributed by atoms with Gasteiger partial charge in [0.1, 0.15) is 0 Å². The van der Waals surface area contributed by atoms with Gasteiger partial charge in [0, 0.05) is 0 Å². The monoisotopic (exact) mass is 329 g/mol. The molecule has 4 unspecified atom stereocenters. The van der Waals surface area contributed by atoms with Crippen LogP contribution in [0.2, 0.25) is 0 Å². The van der Waals surface area contributed by atoms with Crippen LogP contribution >= 0.6 is 0 Å². The molecule has 0 radical (unpaired) electrons. The first-order valence-corrected chi connectivity index (χ1v) is 7.18. The number of alkyl halides is 3. The van der Waals surface area contributed by atoms with Crippen molar-refractivity contribution in [3.63, 3.8) is 0 Å². The lowest BCUT2D eigenvalue weighted by Gasteiger charge is -2.13. The minimum atomic E-state index is -5.84. The van der Waals surface area contributed by atoms with Crippen LogP contribution in [0.4, 0.5) is 13.2 Å². The molecule has 11 heteroatoms. The molecule has 2 bridgehead atoms. The van der Waals surface area contributed by atoms with E-state index in [9.17, 15) is 22.8 Å². The van der Waals surface area contributed by atoms with Crippen LogP contribution in [0, 0.1) is 23.7 Å². The van der Waals surface area contributed by atoms with E-state index >= 15 is 0 Å². The van der Waals surface area contributed by atoms with Crippen LogP contribution in [0.5, 0.6) is 0 Å². The van der Waals surface area contributed by atoms with Crippen molar-refractivity contribution in [3.05, 3.63) is 12.2 Å². The van der Waals surface area contributed by atoms with Crippen molar-refractivity contribution in [2.45, 2.75) is 11.9 Å². The topological polar surface area (TPSA) is 112 Å². The molecule has 3 rings (SSSR count). The number of allylic oxidation sites excluding steroid dienone is 2. The largest absolute Gasteiger partial charge is 0.522 e. The maximum absolute atomic E-state index is 11.4. The number of hydroxylamine groups is 2. The number of halogens is 3. The molecular weight excluding hydrogens is 319 g/mol. The highest BCUT2D eigenvalue weighted by Gasteiger charge is 2.59. The predicted octanol–water partition coefficient (Wildman–Crippen LogP) is 0.577. The molecule has 0 aromatic heterocycles. The maximum Gasteiger partial charge on any atom is 0.522 e. The Morgan fingerprint density at radius 2 is 1.43 bits per heavy atom. The van der Waals surface area contributed by atoms with E-state index in [-0.39, 0.29) is 23.7 Å². The molecule has 0 aromatic rings. The zero-order chi connectivity index (χ0) is 16.2. The minimum absolute atomic E-state index is 0.184. The number of carbonyl (C=O) groups excluding carboxylic acids is 2. The third kappa shape index (κ3) is 2.56. The highest BCUT2D eigenvalue weighted by Crippen LogP contribution is 2.51. The number of fused-ring (bicyclic) bond motifs is 5. The van der Waals surface area contributed by atoms with Gasteiger partial charge in [-0.25, -0.2) is 0 Å². The van der Waals surface area contributed by atoms with Gasteiger partial charge in [-0.1, -0.05) is 12.2 Å². The van der Waals surface area contributed by atoms with Crippen LogP contribution in [0.15, 0.2) is 12.2 Å². The number of hydrogen-bond donors (Lipinski definition) is 2. The van der Waals surface area contributed by atoms with E-state index in [0.717, 1.165) is 6.42 Å². The lowest BCUT2D eigenvalue weighted by atomic mass is 9.85. The normalized spacial score (nSPS) is 34.0. The fourth-order valence-electron chi connectivity index (χ4n) is 2.89. The summed E-state index contributed by atoms with van der Waals surface area (Å²) >= 11 is 0. The lowest BCUT2D eigenvalue weighted by Crippen LogP contribution is -2.29. The summed E-state index contributed by atoms with van der Waals surface area (Å²) in [4.78, 5) is 22.8. The summed E-state index contributed by atoms with van der Waals surface area (Å²) < 4.78 is 57.5. The van der Waals surface area contributed by atoms with Gasteiger partial charge in [-0.2, -0.15) is 26.7 Å². The molecule has 2 fully saturated rings. The molecule has 21 heavy (non-hydrogen) atoms. The first kappa shape index (κ1) is 15.9. The van der Waals surface area contributed by atoms with Gasteiger partial charge in [0.2, 0.25) is 0 Å². The second-order valence-corrected chi connectivity index (χ2v) is 6.32. The molecule has 2 amide bonds. The Hall–Kier alpha value is -1.46. The molecule has 7 nitrogen and oxygen atoms in total. The Morgan fingerprint density at radius 1 is 1.10 bits per heavy atom. The van der Waals surface area contributed by atoms with Crippen molar-refractivity contribution in [3.8, 4) is 0 Å². The molecule has 118 valence electrons. The standard InChI is InChI=1S/C9H9NO3.CHF3O3S/c11-8-6-4-1-2-5(3-4)7(6)9(12)10(8)13;2-1(3,4)8(5,6)7/h1-2,4-7,13H,3H2;(H,5,6,7). The molecule has 1 saturated heterocycles. The van der Waals surface area contributed by atoms with Crippen LogP contribution < -0.4 is 0 Å². The first-order valence-electron chi connectivity index (χ1n) is 5.74. The quantitative estimate of drug-likeness (QED) is 0.221. The maximum atomic E-state index is 11.4. The number of carbonyl (C=O) groups is 2.